The molecule has 0 atom stereocenters. The van der Waals surface area contributed by atoms with E-state index in [-0.39, 0.29) is 11.1 Å². The van der Waals surface area contributed by atoms with Crippen LogP contribution >= 0.6 is 11.8 Å². The van der Waals surface area contributed by atoms with E-state index in [4.69, 9.17) is 0 Å². The minimum atomic E-state index is -0.154. The number of thioether (sulfide) groups is 1. The summed E-state index contributed by atoms with van der Waals surface area (Å²) in [6, 6.07) is 0. The standard InChI is InChI=1S/C8H13N3OS/c1-8(2,3)11-5-6(12)9-7(10-11)13-4/h5H,1-4H3/p+1. The van der Waals surface area contributed by atoms with Crippen molar-refractivity contribution in [3.8, 4) is 0 Å². The first-order valence-corrected chi connectivity index (χ1v) is 5.24. The lowest BCUT2D eigenvalue weighted by Gasteiger charge is -2.09. The highest BCUT2D eigenvalue weighted by atomic mass is 32.2. The first-order chi connectivity index (χ1) is 5.93. The van der Waals surface area contributed by atoms with Crippen molar-refractivity contribution in [1.82, 2.24) is 10.1 Å². The Morgan fingerprint density at radius 1 is 1.54 bits per heavy atom. The molecular formula is C8H14N3OS+. The quantitative estimate of drug-likeness (QED) is 0.531. The maximum Gasteiger partial charge on any atom is 0.316 e. The van der Waals surface area contributed by atoms with Gasteiger partial charge in [0.15, 0.2) is 5.54 Å². The second-order valence-electron chi connectivity index (χ2n) is 3.74. The molecule has 0 saturated heterocycles. The Hall–Kier alpha value is -0.840. The molecular weight excluding hydrogens is 186 g/mol. The number of hydrogen-bond acceptors (Lipinski definition) is 3. The number of rotatable bonds is 1. The maximum absolute atomic E-state index is 11.2. The van der Waals surface area contributed by atoms with Crippen molar-refractivity contribution in [1.29, 1.82) is 0 Å². The van der Waals surface area contributed by atoms with Crippen molar-refractivity contribution in [2.24, 2.45) is 0 Å². The van der Waals surface area contributed by atoms with Crippen LogP contribution in [0.1, 0.15) is 20.8 Å². The van der Waals surface area contributed by atoms with Crippen molar-refractivity contribution in [2.45, 2.75) is 31.5 Å². The molecule has 1 rings (SSSR count). The van der Waals surface area contributed by atoms with E-state index in [9.17, 15) is 4.79 Å². The van der Waals surface area contributed by atoms with E-state index in [0.717, 1.165) is 0 Å². The maximum atomic E-state index is 11.2. The Kier molecular flexibility index (Phi) is 2.75. The SMILES string of the molecule is CSc1n[n+](C(C)(C)C)cc(=O)[nH]1. The number of aromatic amines is 1. The molecule has 0 saturated carbocycles. The fraction of sp³-hybridized carbons (Fsp3) is 0.625. The Morgan fingerprint density at radius 2 is 2.15 bits per heavy atom. The summed E-state index contributed by atoms with van der Waals surface area (Å²) in [4.78, 5) is 13.8. The summed E-state index contributed by atoms with van der Waals surface area (Å²) < 4.78 is 1.68. The number of nitrogens with one attached hydrogen (secondary N) is 1. The second kappa shape index (κ2) is 3.49. The van der Waals surface area contributed by atoms with Crippen LogP contribution < -0.4 is 10.2 Å². The molecule has 0 unspecified atom stereocenters. The highest BCUT2D eigenvalue weighted by molar-refractivity contribution is 7.98. The molecule has 0 amide bonds. The fourth-order valence-corrected chi connectivity index (χ4v) is 1.21. The highest BCUT2D eigenvalue weighted by Gasteiger charge is 2.24. The average molecular weight is 200 g/mol. The van der Waals surface area contributed by atoms with Gasteiger partial charge in [0.2, 0.25) is 5.16 Å². The first-order valence-electron chi connectivity index (χ1n) is 4.01. The fourth-order valence-electron chi connectivity index (χ4n) is 0.836. The zero-order valence-corrected chi connectivity index (χ0v) is 9.10. The van der Waals surface area contributed by atoms with Gasteiger partial charge in [0.1, 0.15) is 0 Å². The van der Waals surface area contributed by atoms with Gasteiger partial charge >= 0.3 is 5.56 Å². The second-order valence-corrected chi connectivity index (χ2v) is 4.54. The van der Waals surface area contributed by atoms with E-state index in [2.05, 4.69) is 10.1 Å². The molecule has 1 aromatic rings. The third-order valence-electron chi connectivity index (χ3n) is 1.55. The van der Waals surface area contributed by atoms with E-state index < -0.39 is 0 Å². The van der Waals surface area contributed by atoms with Crippen LogP contribution in [0.15, 0.2) is 16.1 Å². The van der Waals surface area contributed by atoms with Crippen molar-refractivity contribution in [2.75, 3.05) is 6.26 Å². The summed E-state index contributed by atoms with van der Waals surface area (Å²) in [5.74, 6) is 0. The number of aromatic nitrogens is 3. The molecule has 0 aliphatic rings. The monoisotopic (exact) mass is 200 g/mol. The number of nitrogens with zero attached hydrogens (tertiary/aromatic N) is 2. The van der Waals surface area contributed by atoms with Gasteiger partial charge in [-0.25, -0.2) is 0 Å². The van der Waals surface area contributed by atoms with Gasteiger partial charge in [-0.05, 0) is 6.26 Å². The van der Waals surface area contributed by atoms with Gasteiger partial charge in [-0.3, -0.25) is 9.78 Å². The summed E-state index contributed by atoms with van der Waals surface area (Å²) in [6.07, 6.45) is 3.35. The van der Waals surface area contributed by atoms with Gasteiger partial charge in [0, 0.05) is 25.9 Å². The summed E-state index contributed by atoms with van der Waals surface area (Å²) in [5, 5.41) is 4.89. The first kappa shape index (κ1) is 10.2. The highest BCUT2D eigenvalue weighted by Crippen LogP contribution is 2.04. The van der Waals surface area contributed by atoms with Crippen LogP contribution in [0.25, 0.3) is 0 Å². The molecule has 4 nitrogen and oxygen atoms in total. The number of hydrogen-bond donors (Lipinski definition) is 1. The van der Waals surface area contributed by atoms with Crippen molar-refractivity contribution < 1.29 is 4.68 Å². The van der Waals surface area contributed by atoms with Crippen LogP contribution in [0.5, 0.6) is 0 Å². The molecule has 0 aromatic carbocycles. The Bertz CT molecular complexity index is 353. The van der Waals surface area contributed by atoms with Crippen molar-refractivity contribution >= 4 is 11.8 Å². The summed E-state index contributed by atoms with van der Waals surface area (Å²) in [5.41, 5.74) is -0.270. The molecule has 1 aromatic heterocycles. The predicted molar refractivity (Wildman–Crippen MR) is 51.8 cm³/mol. The van der Waals surface area contributed by atoms with E-state index in [1.807, 2.05) is 27.0 Å². The van der Waals surface area contributed by atoms with Gasteiger partial charge in [0.05, 0.1) is 0 Å². The van der Waals surface area contributed by atoms with Crippen LogP contribution in [0.3, 0.4) is 0 Å². The molecule has 5 heteroatoms. The largest absolute Gasteiger partial charge is 0.316 e. The average Bonchev–Trinajstić information content (AvgIpc) is 2.01. The molecule has 13 heavy (non-hydrogen) atoms. The van der Waals surface area contributed by atoms with Gasteiger partial charge in [0.25, 0.3) is 6.20 Å². The van der Waals surface area contributed by atoms with Gasteiger partial charge in [-0.1, -0.05) is 16.4 Å². The zero-order chi connectivity index (χ0) is 10.1. The lowest BCUT2D eigenvalue weighted by Crippen LogP contribution is -2.55. The Balaban J connectivity index is 3.24. The van der Waals surface area contributed by atoms with Crippen LogP contribution in [0.4, 0.5) is 0 Å². The van der Waals surface area contributed by atoms with Crippen LogP contribution in [0.2, 0.25) is 0 Å². The Morgan fingerprint density at radius 3 is 2.62 bits per heavy atom. The van der Waals surface area contributed by atoms with E-state index in [1.165, 1.54) is 18.0 Å². The molecule has 0 fully saturated rings. The van der Waals surface area contributed by atoms with E-state index >= 15 is 0 Å². The normalized spacial score (nSPS) is 11.7. The van der Waals surface area contributed by atoms with Crippen molar-refractivity contribution in [3.63, 3.8) is 0 Å². The zero-order valence-electron chi connectivity index (χ0n) is 8.29. The molecule has 1 N–H and O–H groups in total. The van der Waals surface area contributed by atoms with Gasteiger partial charge in [-0.2, -0.15) is 0 Å². The van der Waals surface area contributed by atoms with Gasteiger partial charge < -0.3 is 0 Å². The van der Waals surface area contributed by atoms with Crippen LogP contribution in [-0.2, 0) is 5.54 Å². The lowest BCUT2D eigenvalue weighted by atomic mass is 10.1. The molecule has 0 radical (unpaired) electrons. The lowest BCUT2D eigenvalue weighted by molar-refractivity contribution is -0.810. The molecule has 0 bridgehead atoms. The molecule has 0 spiro atoms. The minimum Gasteiger partial charge on any atom is -0.291 e. The Labute approximate surface area is 81.4 Å². The van der Waals surface area contributed by atoms with Crippen LogP contribution in [0, 0.1) is 0 Å². The smallest absolute Gasteiger partial charge is 0.291 e. The van der Waals surface area contributed by atoms with E-state index in [0.29, 0.717) is 5.16 Å². The topological polar surface area (TPSA) is 49.6 Å². The molecule has 72 valence electrons. The minimum absolute atomic E-state index is 0.116. The molecule has 0 aliphatic carbocycles. The summed E-state index contributed by atoms with van der Waals surface area (Å²) in [7, 11) is 0. The van der Waals surface area contributed by atoms with E-state index in [1.54, 1.807) is 4.68 Å². The number of H-pyrrole nitrogens is 1. The van der Waals surface area contributed by atoms with Gasteiger partial charge in [-0.15, -0.1) is 0 Å². The third-order valence-corrected chi connectivity index (χ3v) is 2.12. The van der Waals surface area contributed by atoms with Crippen molar-refractivity contribution in [3.05, 3.63) is 16.6 Å². The van der Waals surface area contributed by atoms with Crippen LogP contribution in [-0.4, -0.2) is 16.3 Å². The predicted octanol–water partition coefficient (Wildman–Crippen LogP) is 0.534. The summed E-state index contributed by atoms with van der Waals surface area (Å²) >= 11 is 1.43. The molecule has 1 heterocycles. The third kappa shape index (κ3) is 2.55. The summed E-state index contributed by atoms with van der Waals surface area (Å²) in [6.45, 7) is 6.01. The molecule has 0 aliphatic heterocycles.